The average molecular weight is 405 g/mol. The first kappa shape index (κ1) is 22.7. The molecule has 2 amide bonds. The standard InChI is InChI=1S/C22H32N2O5/c1-22(2,3)29-21(27)23-12-9-20(26)28-16-19(25)24-13-10-18(11-14-24)15-17-7-5-4-6-8-17/h4-8,18H,9-16H2,1-3H3,(H,23,27). The molecule has 29 heavy (non-hydrogen) atoms. The molecule has 1 aliphatic heterocycles. The van der Waals surface area contributed by atoms with Gasteiger partial charge >= 0.3 is 12.1 Å². The third kappa shape index (κ3) is 8.98. The van der Waals surface area contributed by atoms with Crippen molar-refractivity contribution in [2.45, 2.75) is 52.1 Å². The first-order chi connectivity index (χ1) is 13.7. The Bertz CT molecular complexity index is 676. The Kier molecular flexibility index (Phi) is 8.49. The van der Waals surface area contributed by atoms with Crippen LogP contribution in [-0.4, -0.2) is 54.7 Å². The minimum absolute atomic E-state index is 0.00826. The van der Waals surface area contributed by atoms with Crippen molar-refractivity contribution in [1.29, 1.82) is 0 Å². The van der Waals surface area contributed by atoms with E-state index in [4.69, 9.17) is 9.47 Å². The van der Waals surface area contributed by atoms with Crippen LogP contribution in [0, 0.1) is 5.92 Å². The molecule has 0 atom stereocenters. The minimum atomic E-state index is -0.592. The van der Waals surface area contributed by atoms with Gasteiger partial charge in [0.05, 0.1) is 6.42 Å². The van der Waals surface area contributed by atoms with Crippen LogP contribution >= 0.6 is 0 Å². The summed E-state index contributed by atoms with van der Waals surface area (Å²) in [5, 5.41) is 2.49. The fraction of sp³-hybridized carbons (Fsp3) is 0.591. The van der Waals surface area contributed by atoms with E-state index in [-0.39, 0.29) is 25.5 Å². The Labute approximate surface area is 172 Å². The fourth-order valence-corrected chi connectivity index (χ4v) is 3.22. The molecule has 0 spiro atoms. The van der Waals surface area contributed by atoms with E-state index in [0.29, 0.717) is 19.0 Å². The summed E-state index contributed by atoms with van der Waals surface area (Å²) in [5.41, 5.74) is 0.733. The average Bonchev–Trinajstić information content (AvgIpc) is 2.66. The molecule has 1 aromatic carbocycles. The van der Waals surface area contributed by atoms with Crippen LogP contribution in [0.25, 0.3) is 0 Å². The number of esters is 1. The summed E-state index contributed by atoms with van der Waals surface area (Å²) in [7, 11) is 0. The number of rotatable bonds is 7. The molecule has 1 fully saturated rings. The number of ether oxygens (including phenoxy) is 2. The van der Waals surface area contributed by atoms with E-state index in [1.54, 1.807) is 25.7 Å². The molecule has 0 aromatic heterocycles. The summed E-state index contributed by atoms with van der Waals surface area (Å²) < 4.78 is 10.1. The highest BCUT2D eigenvalue weighted by Crippen LogP contribution is 2.21. The molecule has 1 aliphatic rings. The van der Waals surface area contributed by atoms with Crippen molar-refractivity contribution in [3.63, 3.8) is 0 Å². The van der Waals surface area contributed by atoms with Crippen molar-refractivity contribution in [1.82, 2.24) is 10.2 Å². The van der Waals surface area contributed by atoms with Crippen molar-refractivity contribution >= 4 is 18.0 Å². The van der Waals surface area contributed by atoms with Crippen molar-refractivity contribution in [2.24, 2.45) is 5.92 Å². The molecule has 0 bridgehead atoms. The largest absolute Gasteiger partial charge is 0.456 e. The molecule has 1 N–H and O–H groups in total. The van der Waals surface area contributed by atoms with Gasteiger partial charge in [0.1, 0.15) is 5.60 Å². The number of carbonyl (C=O) groups excluding carboxylic acids is 3. The Morgan fingerprint density at radius 1 is 1.10 bits per heavy atom. The zero-order chi connectivity index (χ0) is 21.3. The van der Waals surface area contributed by atoms with Crippen molar-refractivity contribution in [3.8, 4) is 0 Å². The number of nitrogens with zero attached hydrogens (tertiary/aromatic N) is 1. The third-order valence-corrected chi connectivity index (χ3v) is 4.69. The zero-order valence-electron chi connectivity index (χ0n) is 17.6. The van der Waals surface area contributed by atoms with Gasteiger partial charge < -0.3 is 19.7 Å². The van der Waals surface area contributed by atoms with Crippen LogP contribution in [-0.2, 0) is 25.5 Å². The highest BCUT2D eigenvalue weighted by molar-refractivity contribution is 5.81. The lowest BCUT2D eigenvalue weighted by Crippen LogP contribution is -2.41. The van der Waals surface area contributed by atoms with Crippen LogP contribution < -0.4 is 5.32 Å². The SMILES string of the molecule is CC(C)(C)OC(=O)NCCC(=O)OCC(=O)N1CCC(Cc2ccccc2)CC1. The second-order valence-corrected chi connectivity index (χ2v) is 8.35. The summed E-state index contributed by atoms with van der Waals surface area (Å²) in [5.74, 6) is -0.118. The number of hydrogen-bond donors (Lipinski definition) is 1. The molecule has 0 aliphatic carbocycles. The number of likely N-dealkylation sites (tertiary alicyclic amines) is 1. The molecule has 0 radical (unpaired) electrons. The van der Waals surface area contributed by atoms with Crippen LogP contribution in [0.1, 0.15) is 45.6 Å². The number of carbonyl (C=O) groups is 3. The third-order valence-electron chi connectivity index (χ3n) is 4.69. The number of hydrogen-bond acceptors (Lipinski definition) is 5. The lowest BCUT2D eigenvalue weighted by molar-refractivity contribution is -0.152. The Morgan fingerprint density at radius 2 is 1.76 bits per heavy atom. The van der Waals surface area contributed by atoms with E-state index >= 15 is 0 Å². The second kappa shape index (κ2) is 10.8. The van der Waals surface area contributed by atoms with Crippen LogP contribution in [0.5, 0.6) is 0 Å². The van der Waals surface area contributed by atoms with E-state index in [1.165, 1.54) is 5.56 Å². The van der Waals surface area contributed by atoms with E-state index in [9.17, 15) is 14.4 Å². The van der Waals surface area contributed by atoms with Crippen LogP contribution in [0.3, 0.4) is 0 Å². The maximum Gasteiger partial charge on any atom is 0.407 e. The molecule has 7 heteroatoms. The number of piperidine rings is 1. The highest BCUT2D eigenvalue weighted by Gasteiger charge is 2.23. The highest BCUT2D eigenvalue weighted by atomic mass is 16.6. The molecule has 2 rings (SSSR count). The molecule has 160 valence electrons. The summed E-state index contributed by atoms with van der Waals surface area (Å²) >= 11 is 0. The topological polar surface area (TPSA) is 84.9 Å². The fourth-order valence-electron chi connectivity index (χ4n) is 3.22. The van der Waals surface area contributed by atoms with Crippen LogP contribution in [0.4, 0.5) is 4.79 Å². The van der Waals surface area contributed by atoms with Crippen LogP contribution in [0.15, 0.2) is 30.3 Å². The summed E-state index contributed by atoms with van der Waals surface area (Å²) in [6.07, 6.45) is 2.34. The van der Waals surface area contributed by atoms with E-state index in [0.717, 1.165) is 19.3 Å². The van der Waals surface area contributed by atoms with Gasteiger partial charge in [0.2, 0.25) is 0 Å². The van der Waals surface area contributed by atoms with Crippen LogP contribution in [0.2, 0.25) is 0 Å². The molecule has 1 heterocycles. The van der Waals surface area contributed by atoms with Gasteiger partial charge in [0.25, 0.3) is 5.91 Å². The lowest BCUT2D eigenvalue weighted by atomic mass is 9.90. The molecule has 1 aromatic rings. The second-order valence-electron chi connectivity index (χ2n) is 8.35. The summed E-state index contributed by atoms with van der Waals surface area (Å²) in [4.78, 5) is 37.3. The first-order valence-electron chi connectivity index (χ1n) is 10.2. The number of benzene rings is 1. The molecular weight excluding hydrogens is 372 g/mol. The number of nitrogens with one attached hydrogen (secondary N) is 1. The molecule has 1 saturated heterocycles. The van der Waals surface area contributed by atoms with Crippen molar-refractivity contribution in [2.75, 3.05) is 26.2 Å². The van der Waals surface area contributed by atoms with Crippen molar-refractivity contribution in [3.05, 3.63) is 35.9 Å². The van der Waals surface area contributed by atoms with E-state index < -0.39 is 17.7 Å². The number of amides is 2. The molecule has 0 saturated carbocycles. The Balaban J connectivity index is 1.59. The number of alkyl carbamates (subject to hydrolysis) is 1. The monoisotopic (exact) mass is 404 g/mol. The minimum Gasteiger partial charge on any atom is -0.456 e. The van der Waals surface area contributed by atoms with Gasteiger partial charge in [-0.25, -0.2) is 4.79 Å². The predicted molar refractivity (Wildman–Crippen MR) is 109 cm³/mol. The lowest BCUT2D eigenvalue weighted by Gasteiger charge is -2.32. The van der Waals surface area contributed by atoms with Gasteiger partial charge in [-0.15, -0.1) is 0 Å². The Hall–Kier alpha value is -2.57. The Morgan fingerprint density at radius 3 is 2.38 bits per heavy atom. The van der Waals surface area contributed by atoms with Gasteiger partial charge in [0.15, 0.2) is 6.61 Å². The van der Waals surface area contributed by atoms with E-state index in [2.05, 4.69) is 17.4 Å². The summed E-state index contributed by atoms with van der Waals surface area (Å²) in [6.45, 7) is 6.51. The molecule has 7 nitrogen and oxygen atoms in total. The van der Waals surface area contributed by atoms with Gasteiger partial charge in [0, 0.05) is 19.6 Å². The molecular formula is C22H32N2O5. The van der Waals surface area contributed by atoms with Crippen molar-refractivity contribution < 1.29 is 23.9 Å². The van der Waals surface area contributed by atoms with Gasteiger partial charge in [-0.3, -0.25) is 9.59 Å². The maximum atomic E-state index is 12.3. The predicted octanol–water partition coefficient (Wildman–Crippen LogP) is 2.93. The first-order valence-corrected chi connectivity index (χ1v) is 10.2. The maximum absolute atomic E-state index is 12.3. The normalized spacial score (nSPS) is 14.9. The zero-order valence-corrected chi connectivity index (χ0v) is 17.6. The van der Waals surface area contributed by atoms with Gasteiger partial charge in [-0.05, 0) is 51.5 Å². The molecule has 0 unspecified atom stereocenters. The van der Waals surface area contributed by atoms with E-state index in [1.807, 2.05) is 18.2 Å². The van der Waals surface area contributed by atoms with Gasteiger partial charge in [-0.2, -0.15) is 0 Å². The smallest absolute Gasteiger partial charge is 0.407 e. The summed E-state index contributed by atoms with van der Waals surface area (Å²) in [6, 6.07) is 10.4. The van der Waals surface area contributed by atoms with Gasteiger partial charge in [-0.1, -0.05) is 30.3 Å². The quantitative estimate of drug-likeness (QED) is 0.707.